The quantitative estimate of drug-likeness (QED) is 0.363. The number of benzene rings is 3. The molecule has 0 saturated carbocycles. The van der Waals surface area contributed by atoms with Crippen LogP contribution in [0.5, 0.6) is 11.5 Å². The fourth-order valence-corrected chi connectivity index (χ4v) is 3.96. The van der Waals surface area contributed by atoms with Crippen molar-refractivity contribution < 1.29 is 18.7 Å². The van der Waals surface area contributed by atoms with Crippen LogP contribution in [0.15, 0.2) is 79.0 Å². The number of nitrogens with one attached hydrogen (secondary N) is 2. The van der Waals surface area contributed by atoms with Crippen LogP contribution in [0.25, 0.3) is 17.0 Å². The summed E-state index contributed by atoms with van der Waals surface area (Å²) in [5.41, 5.74) is 3.71. The predicted octanol–water partition coefficient (Wildman–Crippen LogP) is 5.29. The number of hydrogen-bond acceptors (Lipinski definition) is 3. The smallest absolute Gasteiger partial charge is 0.244 e. The van der Waals surface area contributed by atoms with E-state index in [4.69, 9.17) is 9.47 Å². The first kappa shape index (κ1) is 22.1. The van der Waals surface area contributed by atoms with Crippen LogP contribution in [-0.2, 0) is 4.79 Å². The first-order chi connectivity index (χ1) is 16.1. The summed E-state index contributed by atoms with van der Waals surface area (Å²) >= 11 is 0. The molecule has 3 aromatic carbocycles. The van der Waals surface area contributed by atoms with E-state index in [9.17, 15) is 9.18 Å². The van der Waals surface area contributed by atoms with Crippen molar-refractivity contribution in [3.63, 3.8) is 0 Å². The van der Waals surface area contributed by atoms with E-state index in [1.54, 1.807) is 32.4 Å². The summed E-state index contributed by atoms with van der Waals surface area (Å²) in [7, 11) is 3.21. The maximum absolute atomic E-state index is 13.1. The molecule has 0 aliphatic rings. The van der Waals surface area contributed by atoms with Crippen LogP contribution >= 0.6 is 0 Å². The molecule has 0 aliphatic heterocycles. The molecule has 1 amide bonds. The number of ether oxygens (including phenoxy) is 2. The lowest BCUT2D eigenvalue weighted by molar-refractivity contribution is -0.116. The number of carbonyl (C=O) groups is 1. The standard InChI is InChI=1S/C27H25FN2O3/c1-32-25-9-5-7-21(27(25)33-2)23(22-16-29-24-8-4-3-6-20(22)24)17-30-26(31)15-12-18-10-13-19(28)14-11-18/h3-16,23,29H,17H2,1-2H3,(H,30,31)/b15-12+. The Balaban J connectivity index is 1.64. The molecular weight excluding hydrogens is 419 g/mol. The van der Waals surface area contributed by atoms with Gasteiger partial charge < -0.3 is 19.8 Å². The highest BCUT2D eigenvalue weighted by atomic mass is 19.1. The molecule has 6 heteroatoms. The van der Waals surface area contributed by atoms with Crippen molar-refractivity contribution in [2.75, 3.05) is 20.8 Å². The highest BCUT2D eigenvalue weighted by molar-refractivity contribution is 5.92. The van der Waals surface area contributed by atoms with E-state index in [1.807, 2.05) is 42.6 Å². The van der Waals surface area contributed by atoms with Crippen molar-refractivity contribution in [2.45, 2.75) is 5.92 Å². The maximum atomic E-state index is 13.1. The number of aromatic nitrogens is 1. The second-order valence-electron chi connectivity index (χ2n) is 7.55. The summed E-state index contributed by atoms with van der Waals surface area (Å²) in [4.78, 5) is 15.9. The Morgan fingerprint density at radius 2 is 1.79 bits per heavy atom. The largest absolute Gasteiger partial charge is 0.493 e. The molecule has 1 unspecified atom stereocenters. The van der Waals surface area contributed by atoms with Crippen LogP contribution in [-0.4, -0.2) is 31.7 Å². The molecule has 4 aromatic rings. The monoisotopic (exact) mass is 444 g/mol. The summed E-state index contributed by atoms with van der Waals surface area (Å²) in [5.74, 6) is 0.513. The van der Waals surface area contributed by atoms with Crippen LogP contribution in [0.2, 0.25) is 0 Å². The molecule has 0 saturated heterocycles. The highest BCUT2D eigenvalue weighted by Crippen LogP contribution is 2.40. The van der Waals surface area contributed by atoms with Crippen molar-refractivity contribution in [1.29, 1.82) is 0 Å². The van der Waals surface area contributed by atoms with Crippen molar-refractivity contribution in [1.82, 2.24) is 10.3 Å². The number of aromatic amines is 1. The molecule has 33 heavy (non-hydrogen) atoms. The molecule has 1 heterocycles. The van der Waals surface area contributed by atoms with E-state index in [2.05, 4.69) is 16.4 Å². The topological polar surface area (TPSA) is 63.3 Å². The number of halogens is 1. The number of rotatable bonds is 8. The normalized spacial score (nSPS) is 12.1. The second-order valence-corrected chi connectivity index (χ2v) is 7.55. The molecule has 0 radical (unpaired) electrons. The Hall–Kier alpha value is -4.06. The third kappa shape index (κ3) is 4.90. The Morgan fingerprint density at radius 3 is 2.55 bits per heavy atom. The van der Waals surface area contributed by atoms with Crippen LogP contribution < -0.4 is 14.8 Å². The van der Waals surface area contributed by atoms with Gasteiger partial charge in [-0.1, -0.05) is 42.5 Å². The molecule has 0 aliphatic carbocycles. The van der Waals surface area contributed by atoms with Gasteiger partial charge in [-0.3, -0.25) is 4.79 Å². The van der Waals surface area contributed by atoms with Gasteiger partial charge >= 0.3 is 0 Å². The fraction of sp³-hybridized carbons (Fsp3) is 0.148. The molecule has 0 spiro atoms. The molecule has 168 valence electrons. The summed E-state index contributed by atoms with van der Waals surface area (Å²) in [6, 6.07) is 19.7. The van der Waals surface area contributed by atoms with E-state index in [1.165, 1.54) is 18.2 Å². The summed E-state index contributed by atoms with van der Waals surface area (Å²) < 4.78 is 24.3. The minimum absolute atomic E-state index is 0.186. The van der Waals surface area contributed by atoms with Gasteiger partial charge in [0.2, 0.25) is 5.91 Å². The van der Waals surface area contributed by atoms with Gasteiger partial charge in [0.05, 0.1) is 14.2 Å². The SMILES string of the molecule is COc1cccc(C(CNC(=O)/C=C/c2ccc(F)cc2)c2c[nH]c3ccccc23)c1OC. The van der Waals surface area contributed by atoms with E-state index < -0.39 is 0 Å². The van der Waals surface area contributed by atoms with E-state index in [0.29, 0.717) is 18.0 Å². The summed E-state index contributed by atoms with van der Waals surface area (Å²) in [6.45, 7) is 0.345. The molecule has 0 fully saturated rings. The third-order valence-electron chi connectivity index (χ3n) is 5.58. The Labute approximate surface area is 191 Å². The third-order valence-corrected chi connectivity index (χ3v) is 5.58. The average Bonchev–Trinajstić information content (AvgIpc) is 3.27. The van der Waals surface area contributed by atoms with Gasteiger partial charge in [0.25, 0.3) is 0 Å². The van der Waals surface area contributed by atoms with Gasteiger partial charge in [-0.05, 0) is 41.5 Å². The number of hydrogen-bond donors (Lipinski definition) is 2. The fourth-order valence-electron chi connectivity index (χ4n) is 3.96. The van der Waals surface area contributed by atoms with Crippen molar-refractivity contribution in [3.05, 3.63) is 102 Å². The zero-order valence-corrected chi connectivity index (χ0v) is 18.5. The first-order valence-electron chi connectivity index (χ1n) is 10.6. The number of fused-ring (bicyclic) bond motifs is 1. The summed E-state index contributed by atoms with van der Waals surface area (Å²) in [6.07, 6.45) is 5.07. The summed E-state index contributed by atoms with van der Waals surface area (Å²) in [5, 5.41) is 4.07. The molecular formula is C27H25FN2O3. The van der Waals surface area contributed by atoms with E-state index >= 15 is 0 Å². The zero-order chi connectivity index (χ0) is 23.2. The van der Waals surface area contributed by atoms with Gasteiger partial charge in [-0.25, -0.2) is 4.39 Å². The molecule has 2 N–H and O–H groups in total. The maximum Gasteiger partial charge on any atom is 0.244 e. The lowest BCUT2D eigenvalue weighted by Crippen LogP contribution is -2.27. The van der Waals surface area contributed by atoms with E-state index in [-0.39, 0.29) is 17.6 Å². The molecule has 1 atom stereocenters. The predicted molar refractivity (Wildman–Crippen MR) is 128 cm³/mol. The lowest BCUT2D eigenvalue weighted by Gasteiger charge is -2.21. The number of H-pyrrole nitrogens is 1. The molecule has 4 rings (SSSR count). The van der Waals surface area contributed by atoms with Gasteiger partial charge in [-0.15, -0.1) is 0 Å². The number of amides is 1. The van der Waals surface area contributed by atoms with Crippen molar-refractivity contribution >= 4 is 22.9 Å². The highest BCUT2D eigenvalue weighted by Gasteiger charge is 2.24. The Morgan fingerprint density at radius 1 is 1.00 bits per heavy atom. The van der Waals surface area contributed by atoms with Crippen LogP contribution in [0.1, 0.15) is 22.6 Å². The zero-order valence-electron chi connectivity index (χ0n) is 18.5. The minimum Gasteiger partial charge on any atom is -0.493 e. The van der Waals surface area contributed by atoms with Gasteiger partial charge in [-0.2, -0.15) is 0 Å². The first-order valence-corrected chi connectivity index (χ1v) is 10.6. The number of carbonyl (C=O) groups excluding carboxylic acids is 1. The Bertz CT molecular complexity index is 1280. The van der Waals surface area contributed by atoms with Gasteiger partial charge in [0, 0.05) is 41.2 Å². The molecule has 5 nitrogen and oxygen atoms in total. The number of para-hydroxylation sites is 2. The Kier molecular flexibility index (Phi) is 6.74. The minimum atomic E-state index is -0.314. The van der Waals surface area contributed by atoms with Crippen LogP contribution in [0, 0.1) is 5.82 Å². The molecule has 1 aromatic heterocycles. The molecule has 0 bridgehead atoms. The second kappa shape index (κ2) is 10.0. The average molecular weight is 445 g/mol. The van der Waals surface area contributed by atoms with Crippen LogP contribution in [0.3, 0.4) is 0 Å². The van der Waals surface area contributed by atoms with Crippen molar-refractivity contribution in [2.24, 2.45) is 0 Å². The van der Waals surface area contributed by atoms with Gasteiger partial charge in [0.1, 0.15) is 5.82 Å². The van der Waals surface area contributed by atoms with E-state index in [0.717, 1.165) is 27.6 Å². The van der Waals surface area contributed by atoms with Crippen LogP contribution in [0.4, 0.5) is 4.39 Å². The number of methoxy groups -OCH3 is 2. The lowest BCUT2D eigenvalue weighted by atomic mass is 9.89. The van der Waals surface area contributed by atoms with Gasteiger partial charge in [0.15, 0.2) is 11.5 Å². The van der Waals surface area contributed by atoms with Crippen molar-refractivity contribution in [3.8, 4) is 11.5 Å².